The van der Waals surface area contributed by atoms with E-state index in [2.05, 4.69) is 15.4 Å². The highest BCUT2D eigenvalue weighted by Crippen LogP contribution is 2.27. The van der Waals surface area contributed by atoms with Gasteiger partial charge in [-0.15, -0.1) is 0 Å². The van der Waals surface area contributed by atoms with Crippen LogP contribution in [0, 0.1) is 5.92 Å². The first-order chi connectivity index (χ1) is 12.2. The largest absolute Gasteiger partial charge is 0.480 e. The average Bonchev–Trinajstić information content (AvgIpc) is 2.92. The van der Waals surface area contributed by atoms with Crippen LogP contribution in [0.3, 0.4) is 0 Å². The fourth-order valence-electron chi connectivity index (χ4n) is 3.80. The fraction of sp³-hybridized carbons (Fsp3) is 0.875. The van der Waals surface area contributed by atoms with Gasteiger partial charge in [-0.3, -0.25) is 9.69 Å². The van der Waals surface area contributed by atoms with Gasteiger partial charge < -0.3 is 15.7 Å². The van der Waals surface area contributed by atoms with Gasteiger partial charge in [0.25, 0.3) is 0 Å². The van der Waals surface area contributed by atoms with Gasteiger partial charge in [0, 0.05) is 24.7 Å². The standard InChI is InChI=1S/C16H30N4O5S/c1-3-20(10-15(21)22)13-7-12(8-13)18-16(23)19-14-6-4-5-11(14)9-17-26(2,24)25/h11-14,17H,3-10H2,1-2H3,(H,21,22)(H2,18,19,23). The minimum atomic E-state index is -3.23. The van der Waals surface area contributed by atoms with Gasteiger partial charge in [-0.2, -0.15) is 0 Å². The van der Waals surface area contributed by atoms with Crippen LogP contribution in [0.2, 0.25) is 0 Å². The molecule has 0 heterocycles. The molecule has 9 nitrogen and oxygen atoms in total. The zero-order valence-electron chi connectivity index (χ0n) is 15.4. The molecule has 0 aromatic heterocycles. The number of nitrogens with zero attached hydrogens (tertiary/aromatic N) is 1. The number of hydrogen-bond donors (Lipinski definition) is 4. The molecule has 2 fully saturated rings. The molecule has 0 aromatic rings. The lowest BCUT2D eigenvalue weighted by molar-refractivity contribution is -0.139. The van der Waals surface area contributed by atoms with Gasteiger partial charge in [-0.1, -0.05) is 13.3 Å². The van der Waals surface area contributed by atoms with E-state index in [9.17, 15) is 18.0 Å². The van der Waals surface area contributed by atoms with E-state index in [1.54, 1.807) is 0 Å². The molecular weight excluding hydrogens is 360 g/mol. The van der Waals surface area contributed by atoms with E-state index in [4.69, 9.17) is 5.11 Å². The van der Waals surface area contributed by atoms with Crippen LogP contribution in [0.1, 0.15) is 39.0 Å². The Bertz CT molecular complexity index is 606. The molecule has 0 spiro atoms. The molecule has 0 aromatic carbocycles. The Balaban J connectivity index is 1.71. The Hall–Kier alpha value is -1.39. The number of carboxylic acid groups (broad SMARTS) is 1. The lowest BCUT2D eigenvalue weighted by Gasteiger charge is -2.42. The molecule has 0 saturated heterocycles. The Morgan fingerprint density at radius 1 is 1.19 bits per heavy atom. The van der Waals surface area contributed by atoms with Crippen LogP contribution in [0.4, 0.5) is 4.79 Å². The van der Waals surface area contributed by atoms with Crippen molar-refractivity contribution in [3.63, 3.8) is 0 Å². The number of aliphatic carboxylic acids is 1. The number of rotatable bonds is 9. The summed E-state index contributed by atoms with van der Waals surface area (Å²) < 4.78 is 25.0. The van der Waals surface area contributed by atoms with Crippen molar-refractivity contribution in [2.24, 2.45) is 5.92 Å². The number of carbonyl (C=O) groups is 2. The predicted molar refractivity (Wildman–Crippen MR) is 97.3 cm³/mol. The summed E-state index contributed by atoms with van der Waals surface area (Å²) in [7, 11) is -3.23. The quantitative estimate of drug-likeness (QED) is 0.437. The number of amides is 2. The maximum absolute atomic E-state index is 12.2. The maximum Gasteiger partial charge on any atom is 0.317 e. The smallest absolute Gasteiger partial charge is 0.317 e. The Labute approximate surface area is 154 Å². The third kappa shape index (κ3) is 6.40. The van der Waals surface area contributed by atoms with Crippen LogP contribution < -0.4 is 15.4 Å². The highest BCUT2D eigenvalue weighted by atomic mass is 32.2. The van der Waals surface area contributed by atoms with Crippen LogP contribution in [0.25, 0.3) is 0 Å². The van der Waals surface area contributed by atoms with Crippen molar-refractivity contribution in [2.45, 2.75) is 57.2 Å². The number of urea groups is 1. The summed E-state index contributed by atoms with van der Waals surface area (Å²) in [6.07, 6.45) is 5.33. The van der Waals surface area contributed by atoms with Crippen molar-refractivity contribution < 1.29 is 23.1 Å². The van der Waals surface area contributed by atoms with E-state index >= 15 is 0 Å². The minimum absolute atomic E-state index is 0.0250. The Morgan fingerprint density at radius 2 is 1.88 bits per heavy atom. The van der Waals surface area contributed by atoms with Crippen LogP contribution >= 0.6 is 0 Å². The number of nitrogens with one attached hydrogen (secondary N) is 3. The third-order valence-corrected chi connectivity index (χ3v) is 5.98. The first-order valence-corrected chi connectivity index (χ1v) is 11.0. The summed E-state index contributed by atoms with van der Waals surface area (Å²) in [4.78, 5) is 25.0. The molecule has 2 aliphatic rings. The van der Waals surface area contributed by atoms with Gasteiger partial charge in [-0.25, -0.2) is 17.9 Å². The fourth-order valence-corrected chi connectivity index (χ4v) is 4.32. The summed E-state index contributed by atoms with van der Waals surface area (Å²) in [6, 6.07) is -0.0123. The predicted octanol–water partition coefficient (Wildman–Crippen LogP) is -0.0590. The second-order valence-electron chi connectivity index (χ2n) is 7.31. The Kier molecular flexibility index (Phi) is 7.24. The van der Waals surface area contributed by atoms with Crippen molar-refractivity contribution in [2.75, 3.05) is 25.9 Å². The summed E-state index contributed by atoms with van der Waals surface area (Å²) in [5, 5.41) is 14.8. The van der Waals surface area contributed by atoms with E-state index in [0.29, 0.717) is 13.1 Å². The molecule has 2 amide bonds. The minimum Gasteiger partial charge on any atom is -0.480 e. The molecule has 26 heavy (non-hydrogen) atoms. The van der Waals surface area contributed by atoms with E-state index in [1.165, 1.54) is 0 Å². The summed E-state index contributed by atoms with van der Waals surface area (Å²) in [5.41, 5.74) is 0. The SMILES string of the molecule is CCN(CC(=O)O)C1CC(NC(=O)NC2CCCC2CNS(C)(=O)=O)C1. The number of carbonyl (C=O) groups excluding carboxylic acids is 1. The zero-order chi connectivity index (χ0) is 19.3. The van der Waals surface area contributed by atoms with Crippen molar-refractivity contribution in [3.8, 4) is 0 Å². The summed E-state index contributed by atoms with van der Waals surface area (Å²) in [6.45, 7) is 2.97. The first-order valence-electron chi connectivity index (χ1n) is 9.15. The van der Waals surface area contributed by atoms with E-state index in [-0.39, 0.29) is 36.6 Å². The second-order valence-corrected chi connectivity index (χ2v) is 9.15. The molecule has 2 saturated carbocycles. The Morgan fingerprint density at radius 3 is 2.46 bits per heavy atom. The molecule has 2 rings (SSSR count). The molecule has 2 aliphatic carbocycles. The molecule has 0 aliphatic heterocycles. The normalized spacial score (nSPS) is 28.6. The number of carboxylic acids is 1. The maximum atomic E-state index is 12.2. The van der Waals surface area contributed by atoms with Gasteiger partial charge in [0.15, 0.2) is 0 Å². The van der Waals surface area contributed by atoms with Crippen molar-refractivity contribution in [1.82, 2.24) is 20.3 Å². The number of sulfonamides is 1. The topological polar surface area (TPSA) is 128 Å². The van der Waals surface area contributed by atoms with Crippen LogP contribution in [-0.2, 0) is 14.8 Å². The monoisotopic (exact) mass is 390 g/mol. The van der Waals surface area contributed by atoms with Crippen molar-refractivity contribution in [1.29, 1.82) is 0 Å². The number of likely N-dealkylation sites (N-methyl/N-ethyl adjacent to an activating group) is 1. The van der Waals surface area contributed by atoms with Crippen LogP contribution in [0.5, 0.6) is 0 Å². The van der Waals surface area contributed by atoms with E-state index in [0.717, 1.165) is 38.4 Å². The molecular formula is C16H30N4O5S. The van der Waals surface area contributed by atoms with Gasteiger partial charge >= 0.3 is 12.0 Å². The molecule has 2 atom stereocenters. The van der Waals surface area contributed by atoms with Crippen molar-refractivity contribution in [3.05, 3.63) is 0 Å². The van der Waals surface area contributed by atoms with Gasteiger partial charge in [0.2, 0.25) is 10.0 Å². The van der Waals surface area contributed by atoms with Gasteiger partial charge in [-0.05, 0) is 38.1 Å². The lowest BCUT2D eigenvalue weighted by atomic mass is 9.85. The van der Waals surface area contributed by atoms with E-state index < -0.39 is 16.0 Å². The summed E-state index contributed by atoms with van der Waals surface area (Å²) in [5.74, 6) is -0.730. The first kappa shape index (κ1) is 20.9. The molecule has 0 bridgehead atoms. The van der Waals surface area contributed by atoms with Crippen LogP contribution in [0.15, 0.2) is 0 Å². The van der Waals surface area contributed by atoms with E-state index in [1.807, 2.05) is 11.8 Å². The highest BCUT2D eigenvalue weighted by Gasteiger charge is 2.35. The molecule has 2 unspecified atom stereocenters. The summed E-state index contributed by atoms with van der Waals surface area (Å²) >= 11 is 0. The second kappa shape index (κ2) is 9.01. The molecule has 4 N–H and O–H groups in total. The highest BCUT2D eigenvalue weighted by molar-refractivity contribution is 7.88. The third-order valence-electron chi connectivity index (χ3n) is 5.29. The van der Waals surface area contributed by atoms with Crippen molar-refractivity contribution >= 4 is 22.0 Å². The number of hydrogen-bond acceptors (Lipinski definition) is 5. The van der Waals surface area contributed by atoms with Crippen LogP contribution in [-0.4, -0.2) is 74.4 Å². The molecule has 10 heteroatoms. The average molecular weight is 391 g/mol. The lowest BCUT2D eigenvalue weighted by Crippen LogP contribution is -2.57. The zero-order valence-corrected chi connectivity index (χ0v) is 16.2. The molecule has 0 radical (unpaired) electrons. The van der Waals surface area contributed by atoms with Gasteiger partial charge in [0.1, 0.15) is 0 Å². The molecule has 150 valence electrons. The van der Waals surface area contributed by atoms with Gasteiger partial charge in [0.05, 0.1) is 12.8 Å².